The van der Waals surface area contributed by atoms with Gasteiger partial charge in [0.25, 0.3) is 0 Å². The summed E-state index contributed by atoms with van der Waals surface area (Å²) in [6.07, 6.45) is 5.46. The summed E-state index contributed by atoms with van der Waals surface area (Å²) in [5.41, 5.74) is 1.03. The Bertz CT molecular complexity index is 383. The molecule has 0 radical (unpaired) electrons. The number of rotatable bonds is 2. The Kier molecular flexibility index (Phi) is 2.40. The average molecular weight is 238 g/mol. The molecule has 2 heterocycles. The predicted molar refractivity (Wildman–Crippen MR) is 53.3 cm³/mol. The molecule has 2 rings (SSSR count). The summed E-state index contributed by atoms with van der Waals surface area (Å²) in [6, 6.07) is 5.88. The average Bonchev–Trinajstić information content (AvgIpc) is 2.54. The van der Waals surface area contributed by atoms with Crippen LogP contribution in [0, 0.1) is 0 Å². The lowest BCUT2D eigenvalue weighted by Gasteiger charge is -2.01. The minimum Gasteiger partial charge on any atom is -0.320 e. The van der Waals surface area contributed by atoms with Crippen LogP contribution in [-0.2, 0) is 6.54 Å². The molecule has 13 heavy (non-hydrogen) atoms. The maximum Gasteiger partial charge on any atom is 0.177 e. The molecule has 0 fully saturated rings. The zero-order valence-corrected chi connectivity index (χ0v) is 8.48. The summed E-state index contributed by atoms with van der Waals surface area (Å²) in [6.45, 7) is 0.751. The SMILES string of the molecule is Brc1nccn1Cc1ccccn1. The van der Waals surface area contributed by atoms with Crippen LogP contribution in [0.25, 0.3) is 0 Å². The zero-order valence-electron chi connectivity index (χ0n) is 6.89. The first kappa shape index (κ1) is 8.44. The van der Waals surface area contributed by atoms with Gasteiger partial charge in [-0.3, -0.25) is 4.98 Å². The second-order valence-corrected chi connectivity index (χ2v) is 3.35. The maximum atomic E-state index is 4.23. The van der Waals surface area contributed by atoms with Crippen molar-refractivity contribution in [1.29, 1.82) is 0 Å². The van der Waals surface area contributed by atoms with E-state index in [1.54, 1.807) is 12.4 Å². The third kappa shape index (κ3) is 1.95. The second kappa shape index (κ2) is 3.70. The van der Waals surface area contributed by atoms with Crippen molar-refractivity contribution in [2.75, 3.05) is 0 Å². The van der Waals surface area contributed by atoms with Gasteiger partial charge < -0.3 is 4.57 Å². The Hall–Kier alpha value is -1.16. The van der Waals surface area contributed by atoms with E-state index in [1.807, 2.05) is 29.0 Å². The summed E-state index contributed by atoms with van der Waals surface area (Å²) < 4.78 is 2.82. The highest BCUT2D eigenvalue weighted by molar-refractivity contribution is 9.10. The Morgan fingerprint density at radius 2 is 2.15 bits per heavy atom. The number of imidazole rings is 1. The first-order valence-electron chi connectivity index (χ1n) is 3.93. The summed E-state index contributed by atoms with van der Waals surface area (Å²) in [5.74, 6) is 0. The standard InChI is InChI=1S/C9H8BrN3/c10-9-12-5-6-13(9)7-8-3-1-2-4-11-8/h1-6H,7H2. The van der Waals surface area contributed by atoms with Crippen LogP contribution in [0.5, 0.6) is 0 Å². The van der Waals surface area contributed by atoms with Crippen LogP contribution in [0.4, 0.5) is 0 Å². The van der Waals surface area contributed by atoms with Crippen molar-refractivity contribution in [2.45, 2.75) is 6.54 Å². The molecule has 0 aliphatic carbocycles. The number of nitrogens with zero attached hydrogens (tertiary/aromatic N) is 3. The zero-order chi connectivity index (χ0) is 9.10. The normalized spacial score (nSPS) is 10.2. The predicted octanol–water partition coefficient (Wildman–Crippen LogP) is 2.09. The highest BCUT2D eigenvalue weighted by Gasteiger charge is 1.99. The van der Waals surface area contributed by atoms with Crippen LogP contribution in [-0.4, -0.2) is 14.5 Å². The molecule has 0 aliphatic heterocycles. The van der Waals surface area contributed by atoms with Gasteiger partial charge in [-0.1, -0.05) is 6.07 Å². The van der Waals surface area contributed by atoms with E-state index in [4.69, 9.17) is 0 Å². The van der Waals surface area contributed by atoms with E-state index in [0.29, 0.717) is 0 Å². The van der Waals surface area contributed by atoms with Crippen LogP contribution in [0.1, 0.15) is 5.69 Å². The van der Waals surface area contributed by atoms with Crippen LogP contribution in [0.3, 0.4) is 0 Å². The van der Waals surface area contributed by atoms with Gasteiger partial charge in [0.05, 0.1) is 12.2 Å². The summed E-state index contributed by atoms with van der Waals surface area (Å²) in [7, 11) is 0. The fourth-order valence-electron chi connectivity index (χ4n) is 1.10. The lowest BCUT2D eigenvalue weighted by molar-refractivity contribution is 0.753. The highest BCUT2D eigenvalue weighted by atomic mass is 79.9. The molecule has 0 unspecified atom stereocenters. The molecular weight excluding hydrogens is 230 g/mol. The minimum atomic E-state index is 0.751. The monoisotopic (exact) mass is 237 g/mol. The second-order valence-electron chi connectivity index (χ2n) is 2.65. The van der Waals surface area contributed by atoms with Crippen molar-refractivity contribution in [3.8, 4) is 0 Å². The van der Waals surface area contributed by atoms with E-state index in [-0.39, 0.29) is 0 Å². The van der Waals surface area contributed by atoms with Crippen LogP contribution >= 0.6 is 15.9 Å². The minimum absolute atomic E-state index is 0.751. The van der Waals surface area contributed by atoms with Gasteiger partial charge in [-0.25, -0.2) is 4.98 Å². The van der Waals surface area contributed by atoms with Gasteiger partial charge in [0, 0.05) is 18.6 Å². The summed E-state index contributed by atoms with van der Waals surface area (Å²) in [4.78, 5) is 8.29. The Morgan fingerprint density at radius 3 is 2.77 bits per heavy atom. The molecule has 0 saturated heterocycles. The van der Waals surface area contributed by atoms with E-state index in [2.05, 4.69) is 25.9 Å². The largest absolute Gasteiger partial charge is 0.320 e. The van der Waals surface area contributed by atoms with E-state index >= 15 is 0 Å². The van der Waals surface area contributed by atoms with Crippen molar-refractivity contribution >= 4 is 15.9 Å². The molecule has 0 N–H and O–H groups in total. The number of pyridine rings is 1. The molecule has 3 nitrogen and oxygen atoms in total. The molecule has 4 heteroatoms. The maximum absolute atomic E-state index is 4.23. The van der Waals surface area contributed by atoms with Crippen LogP contribution in [0.2, 0.25) is 0 Å². The van der Waals surface area contributed by atoms with Crippen molar-refractivity contribution in [3.63, 3.8) is 0 Å². The third-order valence-electron chi connectivity index (χ3n) is 1.72. The molecule has 0 spiro atoms. The molecule has 0 aromatic carbocycles. The van der Waals surface area contributed by atoms with Crippen molar-refractivity contribution in [1.82, 2.24) is 14.5 Å². The van der Waals surface area contributed by atoms with Crippen molar-refractivity contribution in [2.24, 2.45) is 0 Å². The van der Waals surface area contributed by atoms with Crippen molar-refractivity contribution in [3.05, 3.63) is 47.2 Å². The molecular formula is C9H8BrN3. The Balaban J connectivity index is 2.20. The molecule has 0 bridgehead atoms. The molecule has 2 aromatic rings. The molecule has 0 amide bonds. The molecule has 0 saturated carbocycles. The number of aromatic nitrogens is 3. The Labute approximate surface area is 84.6 Å². The van der Waals surface area contributed by atoms with E-state index in [9.17, 15) is 0 Å². The molecule has 0 aliphatic rings. The fraction of sp³-hybridized carbons (Fsp3) is 0.111. The first-order valence-corrected chi connectivity index (χ1v) is 4.72. The Morgan fingerprint density at radius 1 is 1.23 bits per heavy atom. The van der Waals surface area contributed by atoms with Gasteiger partial charge in [-0.05, 0) is 28.1 Å². The molecule has 2 aromatic heterocycles. The number of halogens is 1. The molecule has 66 valence electrons. The first-order chi connectivity index (χ1) is 6.36. The van der Waals surface area contributed by atoms with Gasteiger partial charge in [-0.2, -0.15) is 0 Å². The van der Waals surface area contributed by atoms with Gasteiger partial charge >= 0.3 is 0 Å². The highest BCUT2D eigenvalue weighted by Crippen LogP contribution is 2.08. The number of hydrogen-bond donors (Lipinski definition) is 0. The third-order valence-corrected chi connectivity index (χ3v) is 2.38. The lowest BCUT2D eigenvalue weighted by atomic mass is 10.3. The fourth-order valence-corrected chi connectivity index (χ4v) is 1.46. The summed E-state index contributed by atoms with van der Waals surface area (Å²) in [5, 5.41) is 0. The van der Waals surface area contributed by atoms with E-state index in [0.717, 1.165) is 17.0 Å². The van der Waals surface area contributed by atoms with Gasteiger partial charge in [0.2, 0.25) is 0 Å². The van der Waals surface area contributed by atoms with Crippen molar-refractivity contribution < 1.29 is 0 Å². The smallest absolute Gasteiger partial charge is 0.177 e. The number of hydrogen-bond acceptors (Lipinski definition) is 2. The summed E-state index contributed by atoms with van der Waals surface area (Å²) >= 11 is 3.35. The molecule has 0 atom stereocenters. The van der Waals surface area contributed by atoms with Gasteiger partial charge in [0.15, 0.2) is 4.73 Å². The van der Waals surface area contributed by atoms with E-state index < -0.39 is 0 Å². The van der Waals surface area contributed by atoms with Crippen LogP contribution < -0.4 is 0 Å². The topological polar surface area (TPSA) is 30.7 Å². The van der Waals surface area contributed by atoms with Crippen LogP contribution in [0.15, 0.2) is 41.5 Å². The van der Waals surface area contributed by atoms with E-state index in [1.165, 1.54) is 0 Å². The van der Waals surface area contributed by atoms with Gasteiger partial charge in [0.1, 0.15) is 0 Å². The lowest BCUT2D eigenvalue weighted by Crippen LogP contribution is -1.99. The van der Waals surface area contributed by atoms with Gasteiger partial charge in [-0.15, -0.1) is 0 Å². The quantitative estimate of drug-likeness (QED) is 0.801.